The average molecular weight is 152 g/mol. The first kappa shape index (κ1) is 7.04. The van der Waals surface area contributed by atoms with Crippen LogP contribution in [0.2, 0.25) is 0 Å². The molecule has 11 heavy (non-hydrogen) atoms. The van der Waals surface area contributed by atoms with E-state index in [0.29, 0.717) is 18.1 Å². The zero-order valence-electron chi connectivity index (χ0n) is 6.40. The van der Waals surface area contributed by atoms with Crippen LogP contribution in [0.15, 0.2) is 12.2 Å². The van der Waals surface area contributed by atoms with Gasteiger partial charge in [0.2, 0.25) is 0 Å². The van der Waals surface area contributed by atoms with E-state index in [0.717, 1.165) is 12.7 Å². The van der Waals surface area contributed by atoms with Gasteiger partial charge in [0.15, 0.2) is 0 Å². The highest BCUT2D eigenvalue weighted by Crippen LogP contribution is 2.39. The number of rotatable bonds is 2. The predicted octanol–water partition coefficient (Wildman–Crippen LogP) is 1.31. The lowest BCUT2D eigenvalue weighted by Gasteiger charge is -2.12. The lowest BCUT2D eigenvalue weighted by Crippen LogP contribution is -2.13. The summed E-state index contributed by atoms with van der Waals surface area (Å²) in [5.74, 6) is 0.513. The van der Waals surface area contributed by atoms with Gasteiger partial charge in [-0.2, -0.15) is 0 Å². The Morgan fingerprint density at radius 1 is 1.36 bits per heavy atom. The molecule has 2 bridgehead atoms. The summed E-state index contributed by atoms with van der Waals surface area (Å²) in [4.78, 5) is 10.0. The van der Waals surface area contributed by atoms with Gasteiger partial charge in [0.05, 0.1) is 12.2 Å². The maximum atomic E-state index is 10.0. The van der Waals surface area contributed by atoms with E-state index in [9.17, 15) is 4.79 Å². The molecule has 2 saturated heterocycles. The van der Waals surface area contributed by atoms with E-state index in [1.807, 2.05) is 6.08 Å². The van der Waals surface area contributed by atoms with Gasteiger partial charge in [0.25, 0.3) is 0 Å². The molecule has 2 heterocycles. The lowest BCUT2D eigenvalue weighted by molar-refractivity contribution is -0.104. The molecule has 2 heteroatoms. The number of aldehydes is 1. The summed E-state index contributed by atoms with van der Waals surface area (Å²) in [6.45, 7) is 0. The van der Waals surface area contributed by atoms with Gasteiger partial charge >= 0.3 is 0 Å². The third-order valence-corrected chi connectivity index (χ3v) is 2.59. The number of allylic oxidation sites excluding steroid dienone is 1. The maximum Gasteiger partial charge on any atom is 0.142 e. The third kappa shape index (κ3) is 1.23. The third-order valence-electron chi connectivity index (χ3n) is 2.59. The number of ether oxygens (including phenoxy) is 1. The van der Waals surface area contributed by atoms with Crippen LogP contribution in [-0.4, -0.2) is 18.5 Å². The highest BCUT2D eigenvalue weighted by atomic mass is 16.5. The van der Waals surface area contributed by atoms with Crippen LogP contribution in [0.4, 0.5) is 0 Å². The van der Waals surface area contributed by atoms with Crippen LogP contribution < -0.4 is 0 Å². The Hall–Kier alpha value is -0.630. The normalized spacial score (nSPS) is 42.0. The average Bonchev–Trinajstić information content (AvgIpc) is 2.60. The Labute approximate surface area is 66.2 Å². The monoisotopic (exact) mass is 152 g/mol. The summed E-state index contributed by atoms with van der Waals surface area (Å²) < 4.78 is 5.61. The Bertz CT molecular complexity index is 186. The predicted molar refractivity (Wildman–Crippen MR) is 41.2 cm³/mol. The quantitative estimate of drug-likeness (QED) is 0.440. The molecule has 0 saturated carbocycles. The topological polar surface area (TPSA) is 26.3 Å². The minimum Gasteiger partial charge on any atom is -0.374 e. The Morgan fingerprint density at radius 3 is 2.82 bits per heavy atom. The molecular weight excluding hydrogens is 140 g/mol. The second-order valence-electron chi connectivity index (χ2n) is 3.29. The van der Waals surface area contributed by atoms with Crippen molar-refractivity contribution in [2.45, 2.75) is 31.5 Å². The molecule has 2 aliphatic rings. The van der Waals surface area contributed by atoms with Gasteiger partial charge in [-0.05, 0) is 25.3 Å². The molecule has 0 aliphatic carbocycles. The van der Waals surface area contributed by atoms with Crippen molar-refractivity contribution in [3.63, 3.8) is 0 Å². The Kier molecular flexibility index (Phi) is 1.78. The van der Waals surface area contributed by atoms with Gasteiger partial charge < -0.3 is 4.74 Å². The SMILES string of the molecule is O=C/C=C/C1CC2CCC1O2. The van der Waals surface area contributed by atoms with Crippen LogP contribution in [0.25, 0.3) is 0 Å². The molecule has 60 valence electrons. The largest absolute Gasteiger partial charge is 0.374 e. The van der Waals surface area contributed by atoms with Crippen molar-refractivity contribution in [2.24, 2.45) is 5.92 Å². The molecule has 0 aromatic heterocycles. The molecule has 2 nitrogen and oxygen atoms in total. The second-order valence-corrected chi connectivity index (χ2v) is 3.29. The summed E-state index contributed by atoms with van der Waals surface area (Å²) in [6, 6.07) is 0. The molecule has 3 unspecified atom stereocenters. The van der Waals surface area contributed by atoms with Crippen molar-refractivity contribution >= 4 is 6.29 Å². The summed E-state index contributed by atoms with van der Waals surface area (Å²) in [7, 11) is 0. The fourth-order valence-electron chi connectivity index (χ4n) is 2.07. The van der Waals surface area contributed by atoms with E-state index in [-0.39, 0.29) is 0 Å². The number of hydrogen-bond donors (Lipinski definition) is 0. The summed E-state index contributed by atoms with van der Waals surface area (Å²) in [5, 5.41) is 0. The standard InChI is InChI=1S/C9H12O2/c10-5-1-2-7-6-8-3-4-9(7)11-8/h1-2,5,7-9H,3-4,6H2/b2-1+. The smallest absolute Gasteiger partial charge is 0.142 e. The van der Waals surface area contributed by atoms with Gasteiger partial charge in [-0.15, -0.1) is 0 Å². The molecule has 0 spiro atoms. The van der Waals surface area contributed by atoms with Gasteiger partial charge in [-0.25, -0.2) is 0 Å². The van der Waals surface area contributed by atoms with Crippen molar-refractivity contribution < 1.29 is 9.53 Å². The van der Waals surface area contributed by atoms with Gasteiger partial charge in [-0.1, -0.05) is 6.08 Å². The Morgan fingerprint density at radius 2 is 2.27 bits per heavy atom. The van der Waals surface area contributed by atoms with Crippen LogP contribution in [0.3, 0.4) is 0 Å². The first-order valence-electron chi connectivity index (χ1n) is 4.17. The van der Waals surface area contributed by atoms with Gasteiger partial charge in [0, 0.05) is 5.92 Å². The highest BCUT2D eigenvalue weighted by Gasteiger charge is 2.38. The van der Waals surface area contributed by atoms with Crippen molar-refractivity contribution in [3.8, 4) is 0 Å². The molecule has 0 aromatic carbocycles. The van der Waals surface area contributed by atoms with E-state index in [4.69, 9.17) is 4.74 Å². The molecule has 2 aliphatic heterocycles. The summed E-state index contributed by atoms with van der Waals surface area (Å²) in [5.41, 5.74) is 0. The molecule has 2 fully saturated rings. The molecule has 0 aromatic rings. The number of fused-ring (bicyclic) bond motifs is 2. The van der Waals surface area contributed by atoms with E-state index in [2.05, 4.69) is 0 Å². The zero-order valence-corrected chi connectivity index (χ0v) is 6.40. The fourth-order valence-corrected chi connectivity index (χ4v) is 2.07. The van der Waals surface area contributed by atoms with Crippen molar-refractivity contribution in [1.29, 1.82) is 0 Å². The molecule has 2 rings (SSSR count). The van der Waals surface area contributed by atoms with Gasteiger partial charge in [-0.3, -0.25) is 4.79 Å². The maximum absolute atomic E-state index is 10.0. The molecule has 3 atom stereocenters. The molecular formula is C9H12O2. The first-order valence-corrected chi connectivity index (χ1v) is 4.17. The Balaban J connectivity index is 1.97. The minimum absolute atomic E-state index is 0.413. The lowest BCUT2D eigenvalue weighted by atomic mass is 9.89. The van der Waals surface area contributed by atoms with E-state index < -0.39 is 0 Å². The van der Waals surface area contributed by atoms with E-state index in [1.165, 1.54) is 12.8 Å². The van der Waals surface area contributed by atoms with Gasteiger partial charge in [0.1, 0.15) is 6.29 Å². The summed E-state index contributed by atoms with van der Waals surface area (Å²) >= 11 is 0. The minimum atomic E-state index is 0.413. The van der Waals surface area contributed by atoms with E-state index >= 15 is 0 Å². The van der Waals surface area contributed by atoms with Crippen molar-refractivity contribution in [1.82, 2.24) is 0 Å². The first-order chi connectivity index (χ1) is 5.40. The van der Waals surface area contributed by atoms with Crippen molar-refractivity contribution in [2.75, 3.05) is 0 Å². The fraction of sp³-hybridized carbons (Fsp3) is 0.667. The van der Waals surface area contributed by atoms with Crippen LogP contribution in [0.1, 0.15) is 19.3 Å². The van der Waals surface area contributed by atoms with Crippen molar-refractivity contribution in [3.05, 3.63) is 12.2 Å². The van der Waals surface area contributed by atoms with Crippen LogP contribution in [-0.2, 0) is 9.53 Å². The summed E-state index contributed by atoms with van der Waals surface area (Å²) in [6.07, 6.45) is 8.83. The number of carbonyl (C=O) groups excluding carboxylic acids is 1. The highest BCUT2D eigenvalue weighted by molar-refractivity contribution is 5.64. The van der Waals surface area contributed by atoms with Crippen LogP contribution in [0, 0.1) is 5.92 Å². The zero-order chi connectivity index (χ0) is 7.68. The second kappa shape index (κ2) is 2.78. The number of carbonyl (C=O) groups is 1. The van der Waals surface area contributed by atoms with E-state index in [1.54, 1.807) is 6.08 Å². The molecule has 0 radical (unpaired) electrons. The van der Waals surface area contributed by atoms with Crippen LogP contribution >= 0.6 is 0 Å². The molecule has 0 N–H and O–H groups in total. The van der Waals surface area contributed by atoms with Crippen LogP contribution in [0.5, 0.6) is 0 Å². The number of hydrogen-bond acceptors (Lipinski definition) is 2. The molecule has 0 amide bonds.